The third kappa shape index (κ3) is 3.82. The molecule has 0 aliphatic carbocycles. The van der Waals surface area contributed by atoms with E-state index in [-0.39, 0.29) is 19.2 Å². The summed E-state index contributed by atoms with van der Waals surface area (Å²) in [5, 5.41) is 0. The second-order valence-electron chi connectivity index (χ2n) is 3.48. The van der Waals surface area contributed by atoms with Crippen LogP contribution in [0, 0.1) is 0 Å². The Bertz CT molecular complexity index is 185. The minimum Gasteiger partial charge on any atom is -0.377 e. The van der Waals surface area contributed by atoms with Crippen molar-refractivity contribution < 1.29 is 22.8 Å². The van der Waals surface area contributed by atoms with Crippen LogP contribution in [0.25, 0.3) is 0 Å². The second kappa shape index (κ2) is 5.93. The molecule has 0 bridgehead atoms. The van der Waals surface area contributed by atoms with Crippen LogP contribution in [0.15, 0.2) is 0 Å². The molecule has 0 N–H and O–H groups in total. The first kappa shape index (κ1) is 13.1. The van der Waals surface area contributed by atoms with Gasteiger partial charge >= 0.3 is 8.80 Å². The lowest BCUT2D eigenvalue weighted by Crippen LogP contribution is -2.44. The average Bonchev–Trinajstić information content (AvgIpc) is 2.93. The maximum absolute atomic E-state index is 5.56. The summed E-state index contributed by atoms with van der Waals surface area (Å²) in [5.41, 5.74) is 0. The molecule has 6 heteroatoms. The highest BCUT2D eigenvalue weighted by Crippen LogP contribution is 2.23. The Morgan fingerprint density at radius 1 is 1.27 bits per heavy atom. The SMILES string of the molecule is CCC[Si](OC)(OC)OCOC1OC1C. The summed E-state index contributed by atoms with van der Waals surface area (Å²) in [4.78, 5) is 0. The summed E-state index contributed by atoms with van der Waals surface area (Å²) in [6.45, 7) is 4.19. The molecule has 5 nitrogen and oxygen atoms in total. The summed E-state index contributed by atoms with van der Waals surface area (Å²) >= 11 is 0. The van der Waals surface area contributed by atoms with Gasteiger partial charge in [-0.05, 0) is 6.92 Å². The molecule has 0 aromatic rings. The molecular weight excluding hydrogens is 216 g/mol. The fourth-order valence-electron chi connectivity index (χ4n) is 1.32. The van der Waals surface area contributed by atoms with Crippen LogP contribution in [0.3, 0.4) is 0 Å². The fourth-order valence-corrected chi connectivity index (χ4v) is 3.13. The zero-order valence-electron chi connectivity index (χ0n) is 9.82. The molecule has 0 aromatic heterocycles. The van der Waals surface area contributed by atoms with Crippen LogP contribution >= 0.6 is 0 Å². The van der Waals surface area contributed by atoms with E-state index in [4.69, 9.17) is 22.8 Å². The van der Waals surface area contributed by atoms with Gasteiger partial charge in [-0.25, -0.2) is 0 Å². The smallest absolute Gasteiger partial charge is 0.377 e. The van der Waals surface area contributed by atoms with Gasteiger partial charge in [0.25, 0.3) is 0 Å². The van der Waals surface area contributed by atoms with Crippen LogP contribution < -0.4 is 0 Å². The van der Waals surface area contributed by atoms with Crippen molar-refractivity contribution in [2.24, 2.45) is 0 Å². The molecule has 1 aliphatic rings. The molecule has 1 aliphatic heterocycles. The highest BCUT2D eigenvalue weighted by atomic mass is 28.4. The third-order valence-corrected chi connectivity index (χ3v) is 5.26. The molecular formula is C9H20O5Si. The Hall–Kier alpha value is 0.0169. The van der Waals surface area contributed by atoms with Gasteiger partial charge in [-0.1, -0.05) is 13.3 Å². The molecule has 2 unspecified atom stereocenters. The maximum atomic E-state index is 5.56. The van der Waals surface area contributed by atoms with E-state index in [1.165, 1.54) is 0 Å². The summed E-state index contributed by atoms with van der Waals surface area (Å²) < 4.78 is 26.6. The van der Waals surface area contributed by atoms with Crippen molar-refractivity contribution in [2.75, 3.05) is 21.0 Å². The van der Waals surface area contributed by atoms with Crippen LogP contribution in [0.4, 0.5) is 0 Å². The van der Waals surface area contributed by atoms with E-state index in [2.05, 4.69) is 6.92 Å². The van der Waals surface area contributed by atoms with Gasteiger partial charge in [0.15, 0.2) is 6.29 Å². The zero-order chi connectivity index (χ0) is 11.3. The van der Waals surface area contributed by atoms with Crippen LogP contribution in [-0.4, -0.2) is 42.2 Å². The number of hydrogen-bond acceptors (Lipinski definition) is 5. The lowest BCUT2D eigenvalue weighted by Gasteiger charge is -2.25. The molecule has 0 saturated carbocycles. The van der Waals surface area contributed by atoms with Crippen molar-refractivity contribution >= 4 is 8.80 Å². The van der Waals surface area contributed by atoms with Crippen LogP contribution in [0.1, 0.15) is 20.3 Å². The predicted octanol–water partition coefficient (Wildman–Crippen LogP) is 1.36. The molecule has 2 atom stereocenters. The Kier molecular flexibility index (Phi) is 5.17. The van der Waals surface area contributed by atoms with Gasteiger partial charge in [-0.3, -0.25) is 0 Å². The van der Waals surface area contributed by atoms with Crippen molar-refractivity contribution in [3.8, 4) is 0 Å². The normalized spacial score (nSPS) is 25.6. The summed E-state index contributed by atoms with van der Waals surface area (Å²) in [6.07, 6.45) is 1.03. The van der Waals surface area contributed by atoms with E-state index >= 15 is 0 Å². The summed E-state index contributed by atoms with van der Waals surface area (Å²) in [7, 11) is 0.740. The Labute approximate surface area is 92.0 Å². The molecule has 15 heavy (non-hydrogen) atoms. The monoisotopic (exact) mass is 236 g/mol. The van der Waals surface area contributed by atoms with Gasteiger partial charge in [0.1, 0.15) is 12.9 Å². The van der Waals surface area contributed by atoms with Crippen LogP contribution in [0.5, 0.6) is 0 Å². The molecule has 0 radical (unpaired) electrons. The van der Waals surface area contributed by atoms with Crippen LogP contribution in [-0.2, 0) is 22.8 Å². The summed E-state index contributed by atoms with van der Waals surface area (Å²) in [6, 6.07) is 0.796. The van der Waals surface area contributed by atoms with E-state index in [1.54, 1.807) is 14.2 Å². The molecule has 1 fully saturated rings. The van der Waals surface area contributed by atoms with Crippen molar-refractivity contribution in [3.05, 3.63) is 0 Å². The fraction of sp³-hybridized carbons (Fsp3) is 1.00. The molecule has 0 aromatic carbocycles. The zero-order valence-corrected chi connectivity index (χ0v) is 10.8. The minimum atomic E-state index is -2.49. The van der Waals surface area contributed by atoms with Gasteiger partial charge in [0.05, 0.1) is 0 Å². The van der Waals surface area contributed by atoms with Crippen molar-refractivity contribution in [2.45, 2.75) is 38.7 Å². The molecule has 1 saturated heterocycles. The molecule has 90 valence electrons. The molecule has 0 amide bonds. The van der Waals surface area contributed by atoms with E-state index < -0.39 is 8.80 Å². The largest absolute Gasteiger partial charge is 0.502 e. The average molecular weight is 236 g/mol. The predicted molar refractivity (Wildman–Crippen MR) is 56.2 cm³/mol. The topological polar surface area (TPSA) is 49.5 Å². The number of epoxide rings is 1. The number of rotatable bonds is 8. The van der Waals surface area contributed by atoms with E-state index in [0.29, 0.717) is 0 Å². The van der Waals surface area contributed by atoms with Crippen molar-refractivity contribution in [3.63, 3.8) is 0 Å². The minimum absolute atomic E-state index is 0.118. The van der Waals surface area contributed by atoms with E-state index in [0.717, 1.165) is 12.5 Å². The molecule has 1 heterocycles. The van der Waals surface area contributed by atoms with Gasteiger partial charge in [-0.15, -0.1) is 0 Å². The van der Waals surface area contributed by atoms with Crippen molar-refractivity contribution in [1.29, 1.82) is 0 Å². The second-order valence-corrected chi connectivity index (χ2v) is 6.45. The lowest BCUT2D eigenvalue weighted by atomic mass is 10.5. The van der Waals surface area contributed by atoms with Gasteiger partial charge < -0.3 is 22.8 Å². The lowest BCUT2D eigenvalue weighted by molar-refractivity contribution is -0.0668. The number of ether oxygens (including phenoxy) is 2. The van der Waals surface area contributed by atoms with Crippen LogP contribution in [0.2, 0.25) is 6.04 Å². The highest BCUT2D eigenvalue weighted by Gasteiger charge is 2.40. The Morgan fingerprint density at radius 3 is 2.27 bits per heavy atom. The maximum Gasteiger partial charge on any atom is 0.502 e. The first-order chi connectivity index (χ1) is 7.17. The molecule has 0 spiro atoms. The van der Waals surface area contributed by atoms with E-state index in [1.807, 2.05) is 6.92 Å². The van der Waals surface area contributed by atoms with Gasteiger partial charge in [0, 0.05) is 20.3 Å². The number of hydrogen-bond donors (Lipinski definition) is 0. The highest BCUT2D eigenvalue weighted by molar-refractivity contribution is 6.60. The van der Waals surface area contributed by atoms with E-state index in [9.17, 15) is 0 Å². The Morgan fingerprint density at radius 2 is 1.87 bits per heavy atom. The summed E-state index contributed by atoms with van der Waals surface area (Å²) in [5.74, 6) is 0. The standard InChI is InChI=1S/C9H20O5Si/c1-5-6-15(10-3,11-4)13-7-12-9-8(2)14-9/h8-9H,5-7H2,1-4H3. The first-order valence-corrected chi connectivity index (χ1v) is 7.12. The Balaban J connectivity index is 2.23. The third-order valence-electron chi connectivity index (χ3n) is 2.34. The van der Waals surface area contributed by atoms with Crippen molar-refractivity contribution in [1.82, 2.24) is 0 Å². The van der Waals surface area contributed by atoms with Gasteiger partial charge in [-0.2, -0.15) is 0 Å². The first-order valence-electron chi connectivity index (χ1n) is 5.18. The van der Waals surface area contributed by atoms with Gasteiger partial charge in [0.2, 0.25) is 0 Å². The quantitative estimate of drug-likeness (QED) is 0.362. The molecule has 1 rings (SSSR count).